The molecular weight excluding hydrogens is 182 g/mol. The monoisotopic (exact) mass is 205 g/mol. The van der Waals surface area contributed by atoms with E-state index in [2.05, 4.69) is 45.9 Å². The maximum Gasteiger partial charge on any atom is 0.00971 e. The van der Waals surface area contributed by atoms with E-state index in [-0.39, 0.29) is 5.54 Å². The van der Waals surface area contributed by atoms with Gasteiger partial charge in [0.2, 0.25) is 0 Å². The lowest BCUT2D eigenvalue weighted by atomic mass is 9.96. The van der Waals surface area contributed by atoms with Crippen LogP contribution >= 0.6 is 0 Å². The van der Waals surface area contributed by atoms with Gasteiger partial charge in [0.15, 0.2) is 0 Å². The summed E-state index contributed by atoms with van der Waals surface area (Å²) in [6.45, 7) is 8.51. The molecule has 1 rings (SSSR count). The van der Waals surface area contributed by atoms with Crippen molar-refractivity contribution in [2.24, 2.45) is 5.73 Å². The Hall–Kier alpha value is -0.820. The molecule has 0 aliphatic carbocycles. The highest BCUT2D eigenvalue weighted by atomic mass is 14.7. The van der Waals surface area contributed by atoms with Crippen molar-refractivity contribution in [3.8, 4) is 0 Å². The first-order chi connectivity index (χ1) is 6.88. The second-order valence-corrected chi connectivity index (χ2v) is 5.26. The van der Waals surface area contributed by atoms with Crippen LogP contribution in [0.1, 0.15) is 43.4 Å². The second kappa shape index (κ2) is 4.80. The summed E-state index contributed by atoms with van der Waals surface area (Å²) >= 11 is 0. The first kappa shape index (κ1) is 12.3. The van der Waals surface area contributed by atoms with Crippen LogP contribution in [0.5, 0.6) is 0 Å². The minimum absolute atomic E-state index is 0.0280. The predicted octanol–water partition coefficient (Wildman–Crippen LogP) is 3.36. The molecule has 0 atom stereocenters. The van der Waals surface area contributed by atoms with Crippen molar-refractivity contribution < 1.29 is 0 Å². The van der Waals surface area contributed by atoms with Gasteiger partial charge in [-0.2, -0.15) is 0 Å². The van der Waals surface area contributed by atoms with Crippen LogP contribution in [0.2, 0.25) is 0 Å². The summed E-state index contributed by atoms with van der Waals surface area (Å²) in [6, 6.07) is 6.73. The molecule has 0 radical (unpaired) electrons. The van der Waals surface area contributed by atoms with Crippen molar-refractivity contribution in [1.82, 2.24) is 0 Å². The Kier molecular flexibility index (Phi) is 3.92. The normalized spacial score (nSPS) is 11.8. The zero-order chi connectivity index (χ0) is 11.5. The van der Waals surface area contributed by atoms with Gasteiger partial charge in [-0.15, -0.1) is 0 Å². The van der Waals surface area contributed by atoms with Gasteiger partial charge in [0, 0.05) is 5.54 Å². The standard InChI is InChI=1S/C14H23N/c1-11-7-8-13(10-12(11)2)6-5-9-14(3,4)15/h7-8,10H,5-6,9,15H2,1-4H3. The van der Waals surface area contributed by atoms with E-state index in [4.69, 9.17) is 5.73 Å². The smallest absolute Gasteiger partial charge is 0.00971 e. The third-order valence-electron chi connectivity index (χ3n) is 2.86. The molecule has 1 heteroatoms. The van der Waals surface area contributed by atoms with Gasteiger partial charge in [-0.05, 0) is 63.6 Å². The van der Waals surface area contributed by atoms with Crippen LogP contribution < -0.4 is 5.73 Å². The molecule has 0 saturated heterocycles. The molecule has 0 aliphatic heterocycles. The SMILES string of the molecule is Cc1ccc(CCCC(C)(C)N)cc1C. The van der Waals surface area contributed by atoms with Gasteiger partial charge in [0.05, 0.1) is 0 Å². The summed E-state index contributed by atoms with van der Waals surface area (Å²) in [5.41, 5.74) is 10.1. The van der Waals surface area contributed by atoms with Gasteiger partial charge in [0.25, 0.3) is 0 Å². The van der Waals surface area contributed by atoms with E-state index in [0.29, 0.717) is 0 Å². The summed E-state index contributed by atoms with van der Waals surface area (Å²) < 4.78 is 0. The van der Waals surface area contributed by atoms with E-state index in [1.54, 1.807) is 0 Å². The Labute approximate surface area is 93.7 Å². The molecule has 0 aliphatic rings. The number of nitrogens with two attached hydrogens (primary N) is 1. The maximum absolute atomic E-state index is 5.95. The van der Waals surface area contributed by atoms with Crippen molar-refractivity contribution in [3.05, 3.63) is 34.9 Å². The quantitative estimate of drug-likeness (QED) is 0.801. The Balaban J connectivity index is 2.48. The molecular formula is C14H23N. The number of benzene rings is 1. The molecule has 0 fully saturated rings. The van der Waals surface area contributed by atoms with Crippen LogP contribution in [-0.2, 0) is 6.42 Å². The molecule has 0 heterocycles. The molecule has 1 nitrogen and oxygen atoms in total. The van der Waals surface area contributed by atoms with Crippen molar-refractivity contribution >= 4 is 0 Å². The summed E-state index contributed by atoms with van der Waals surface area (Å²) in [6.07, 6.45) is 3.40. The van der Waals surface area contributed by atoms with Crippen LogP contribution in [0, 0.1) is 13.8 Å². The van der Waals surface area contributed by atoms with Crippen LogP contribution in [0.3, 0.4) is 0 Å². The van der Waals surface area contributed by atoms with Gasteiger partial charge in [-0.25, -0.2) is 0 Å². The van der Waals surface area contributed by atoms with Crippen molar-refractivity contribution in [2.45, 2.75) is 52.5 Å². The molecule has 0 spiro atoms. The van der Waals surface area contributed by atoms with Gasteiger partial charge in [-0.1, -0.05) is 18.2 Å². The van der Waals surface area contributed by atoms with E-state index in [1.165, 1.54) is 23.1 Å². The summed E-state index contributed by atoms with van der Waals surface area (Å²) in [5.74, 6) is 0. The highest BCUT2D eigenvalue weighted by molar-refractivity contribution is 5.29. The van der Waals surface area contributed by atoms with Crippen LogP contribution in [-0.4, -0.2) is 5.54 Å². The Morgan fingerprint density at radius 3 is 2.33 bits per heavy atom. The topological polar surface area (TPSA) is 26.0 Å². The van der Waals surface area contributed by atoms with Gasteiger partial charge < -0.3 is 5.73 Å². The van der Waals surface area contributed by atoms with Gasteiger partial charge in [0.1, 0.15) is 0 Å². The Morgan fingerprint density at radius 1 is 1.13 bits per heavy atom. The summed E-state index contributed by atoms with van der Waals surface area (Å²) in [5, 5.41) is 0. The fraction of sp³-hybridized carbons (Fsp3) is 0.571. The maximum atomic E-state index is 5.95. The van der Waals surface area contributed by atoms with Crippen LogP contribution in [0.15, 0.2) is 18.2 Å². The molecule has 84 valence electrons. The number of aryl methyl sites for hydroxylation is 3. The van der Waals surface area contributed by atoms with Crippen molar-refractivity contribution in [1.29, 1.82) is 0 Å². The lowest BCUT2D eigenvalue weighted by molar-refractivity contribution is 0.459. The minimum Gasteiger partial charge on any atom is -0.326 e. The average Bonchev–Trinajstić information content (AvgIpc) is 2.09. The molecule has 2 N–H and O–H groups in total. The Bertz CT molecular complexity index is 321. The molecule has 0 bridgehead atoms. The lowest BCUT2D eigenvalue weighted by Gasteiger charge is -2.17. The number of rotatable bonds is 4. The molecule has 0 unspecified atom stereocenters. The highest BCUT2D eigenvalue weighted by Gasteiger charge is 2.09. The Morgan fingerprint density at radius 2 is 1.80 bits per heavy atom. The average molecular weight is 205 g/mol. The van der Waals surface area contributed by atoms with Crippen LogP contribution in [0.25, 0.3) is 0 Å². The minimum atomic E-state index is -0.0280. The largest absolute Gasteiger partial charge is 0.326 e. The predicted molar refractivity (Wildman–Crippen MR) is 67.1 cm³/mol. The zero-order valence-corrected chi connectivity index (χ0v) is 10.4. The summed E-state index contributed by atoms with van der Waals surface area (Å²) in [7, 11) is 0. The van der Waals surface area contributed by atoms with E-state index in [9.17, 15) is 0 Å². The van der Waals surface area contributed by atoms with Crippen molar-refractivity contribution in [3.63, 3.8) is 0 Å². The molecule has 1 aromatic carbocycles. The highest BCUT2D eigenvalue weighted by Crippen LogP contribution is 2.14. The third kappa shape index (κ3) is 4.48. The molecule has 0 aromatic heterocycles. The van der Waals surface area contributed by atoms with E-state index < -0.39 is 0 Å². The fourth-order valence-corrected chi connectivity index (χ4v) is 1.71. The van der Waals surface area contributed by atoms with Crippen molar-refractivity contribution in [2.75, 3.05) is 0 Å². The lowest BCUT2D eigenvalue weighted by Crippen LogP contribution is -2.31. The molecule has 15 heavy (non-hydrogen) atoms. The number of hydrogen-bond acceptors (Lipinski definition) is 1. The fourth-order valence-electron chi connectivity index (χ4n) is 1.71. The molecule has 1 aromatic rings. The van der Waals surface area contributed by atoms with Gasteiger partial charge >= 0.3 is 0 Å². The van der Waals surface area contributed by atoms with E-state index in [0.717, 1.165) is 12.8 Å². The summed E-state index contributed by atoms with van der Waals surface area (Å²) in [4.78, 5) is 0. The molecule has 0 amide bonds. The second-order valence-electron chi connectivity index (χ2n) is 5.26. The molecule has 0 saturated carbocycles. The van der Waals surface area contributed by atoms with E-state index >= 15 is 0 Å². The van der Waals surface area contributed by atoms with Gasteiger partial charge in [-0.3, -0.25) is 0 Å². The third-order valence-corrected chi connectivity index (χ3v) is 2.86. The first-order valence-electron chi connectivity index (χ1n) is 5.73. The number of hydrogen-bond donors (Lipinski definition) is 1. The zero-order valence-electron chi connectivity index (χ0n) is 10.4. The van der Waals surface area contributed by atoms with E-state index in [1.807, 2.05) is 0 Å². The van der Waals surface area contributed by atoms with Crippen LogP contribution in [0.4, 0.5) is 0 Å². The first-order valence-corrected chi connectivity index (χ1v) is 5.73.